The quantitative estimate of drug-likeness (QED) is 0.354. The first kappa shape index (κ1) is 23.3. The number of imidazole rings is 1. The number of nitrogens with one attached hydrogen (secondary N) is 3. The fourth-order valence-electron chi connectivity index (χ4n) is 4.19. The van der Waals surface area contributed by atoms with Crippen molar-refractivity contribution >= 4 is 23.5 Å². The first-order valence-corrected chi connectivity index (χ1v) is 11.6. The molecule has 2 aliphatic rings. The number of ether oxygens (including phenoxy) is 2. The minimum absolute atomic E-state index is 0.0960. The Labute approximate surface area is 208 Å². The number of halogens is 3. The predicted molar refractivity (Wildman–Crippen MR) is 125 cm³/mol. The normalized spacial score (nSPS) is 22.2. The predicted octanol–water partition coefficient (Wildman–Crippen LogP) is 4.20. The Hall–Kier alpha value is -4.13. The van der Waals surface area contributed by atoms with E-state index in [4.69, 9.17) is 9.47 Å². The molecule has 13 heteroatoms. The van der Waals surface area contributed by atoms with Crippen LogP contribution in [0.5, 0.6) is 0 Å². The number of hydrogen-bond donors (Lipinski definition) is 3. The molecule has 1 saturated heterocycles. The third-order valence-electron chi connectivity index (χ3n) is 6.44. The Bertz CT molecular complexity index is 1470. The van der Waals surface area contributed by atoms with Crippen LogP contribution >= 0.6 is 0 Å². The fraction of sp³-hybridized carbons (Fsp3) is 0.333. The van der Waals surface area contributed by atoms with Crippen LogP contribution < -0.4 is 10.6 Å². The van der Waals surface area contributed by atoms with Crippen LogP contribution in [0, 0.1) is 11.6 Å². The van der Waals surface area contributed by atoms with E-state index < -0.39 is 36.1 Å². The lowest BCUT2D eigenvalue weighted by Crippen LogP contribution is -2.39. The number of nitrogens with zero attached hydrogens (tertiary/aromatic N) is 4. The molecule has 37 heavy (non-hydrogen) atoms. The average Bonchev–Trinajstić information content (AvgIpc) is 3.22. The lowest BCUT2D eigenvalue weighted by atomic mass is 10.1. The van der Waals surface area contributed by atoms with E-state index in [1.165, 1.54) is 12.1 Å². The van der Waals surface area contributed by atoms with Crippen LogP contribution in [0.1, 0.15) is 31.6 Å². The van der Waals surface area contributed by atoms with Crippen molar-refractivity contribution in [1.29, 1.82) is 0 Å². The highest BCUT2D eigenvalue weighted by Crippen LogP contribution is 2.36. The van der Waals surface area contributed by atoms with Gasteiger partial charge in [-0.3, -0.25) is 9.50 Å². The Kier molecular flexibility index (Phi) is 5.51. The second kappa shape index (κ2) is 8.76. The summed E-state index contributed by atoms with van der Waals surface area (Å²) in [6.07, 6.45) is 0.583. The first-order chi connectivity index (χ1) is 17.8. The summed E-state index contributed by atoms with van der Waals surface area (Å²) in [4.78, 5) is 20.8. The molecular formula is C24H22F3N7O3. The van der Waals surface area contributed by atoms with Crippen LogP contribution in [-0.4, -0.2) is 55.1 Å². The number of carbonyl (C=O) groups excluding carboxylic acids is 1. The van der Waals surface area contributed by atoms with Gasteiger partial charge in [-0.15, -0.1) is 0 Å². The van der Waals surface area contributed by atoms with E-state index in [0.29, 0.717) is 17.2 Å². The summed E-state index contributed by atoms with van der Waals surface area (Å²) in [5, 5.41) is 12.6. The van der Waals surface area contributed by atoms with Crippen LogP contribution in [0.25, 0.3) is 16.9 Å². The molecule has 1 saturated carbocycles. The highest BCUT2D eigenvalue weighted by Gasteiger charge is 2.44. The number of amides is 1. The number of anilines is 2. The van der Waals surface area contributed by atoms with Crippen molar-refractivity contribution in [3.63, 3.8) is 0 Å². The Morgan fingerprint density at radius 2 is 2.00 bits per heavy atom. The third-order valence-corrected chi connectivity index (χ3v) is 6.44. The maximum Gasteiger partial charge on any atom is 0.408 e. The van der Waals surface area contributed by atoms with Crippen LogP contribution in [0.4, 0.5) is 29.7 Å². The van der Waals surface area contributed by atoms with E-state index in [2.05, 4.69) is 30.8 Å². The Balaban J connectivity index is 1.20. The van der Waals surface area contributed by atoms with Gasteiger partial charge in [-0.05, 0) is 31.9 Å². The maximum absolute atomic E-state index is 15.1. The number of H-pyrrole nitrogens is 1. The number of aromatic amines is 1. The van der Waals surface area contributed by atoms with Crippen LogP contribution in [0.2, 0.25) is 0 Å². The van der Waals surface area contributed by atoms with E-state index in [1.807, 2.05) is 6.92 Å². The number of fused-ring (bicyclic) bond motifs is 1. The Morgan fingerprint density at radius 1 is 1.22 bits per heavy atom. The Morgan fingerprint density at radius 3 is 2.76 bits per heavy atom. The number of carbonyl (C=O) groups is 1. The second-order valence-corrected chi connectivity index (χ2v) is 9.44. The van der Waals surface area contributed by atoms with Crippen molar-refractivity contribution in [2.45, 2.75) is 43.7 Å². The zero-order valence-electron chi connectivity index (χ0n) is 19.5. The monoisotopic (exact) mass is 513 g/mol. The molecule has 0 bridgehead atoms. The molecule has 10 nitrogen and oxygen atoms in total. The van der Waals surface area contributed by atoms with Crippen molar-refractivity contribution in [2.24, 2.45) is 0 Å². The number of alkyl carbamates (subject to hydrolysis) is 1. The lowest BCUT2D eigenvalue weighted by Gasteiger charge is -2.17. The second-order valence-electron chi connectivity index (χ2n) is 9.44. The summed E-state index contributed by atoms with van der Waals surface area (Å²) in [7, 11) is 0. The SMILES string of the molecule is CC1(NC(=O)O[C@@H]2CO[C@H](c3cc(Nc4nc(-c5cc(F)cc(F)c5)cc5nccn45)n[nH]3)[C@H]2F)CC1. The van der Waals surface area contributed by atoms with Crippen molar-refractivity contribution in [3.05, 3.63) is 60.1 Å². The number of rotatable bonds is 6. The minimum atomic E-state index is -1.60. The number of benzene rings is 1. The highest BCUT2D eigenvalue weighted by atomic mass is 19.1. The van der Waals surface area contributed by atoms with Gasteiger partial charge in [-0.1, -0.05) is 0 Å². The summed E-state index contributed by atoms with van der Waals surface area (Å²) in [6, 6.07) is 6.26. The molecule has 3 N–H and O–H groups in total. The average molecular weight is 513 g/mol. The van der Waals surface area contributed by atoms with Gasteiger partial charge < -0.3 is 20.1 Å². The first-order valence-electron chi connectivity index (χ1n) is 11.6. The van der Waals surface area contributed by atoms with Crippen LogP contribution in [-0.2, 0) is 9.47 Å². The zero-order valence-corrected chi connectivity index (χ0v) is 19.5. The van der Waals surface area contributed by atoms with Crippen molar-refractivity contribution in [2.75, 3.05) is 11.9 Å². The van der Waals surface area contributed by atoms with Gasteiger partial charge in [0.15, 0.2) is 18.1 Å². The summed E-state index contributed by atoms with van der Waals surface area (Å²) in [6.45, 7) is 1.80. The van der Waals surface area contributed by atoms with Gasteiger partial charge in [-0.2, -0.15) is 5.10 Å². The molecule has 1 aromatic carbocycles. The fourth-order valence-corrected chi connectivity index (χ4v) is 4.19. The molecule has 0 radical (unpaired) electrons. The lowest BCUT2D eigenvalue weighted by molar-refractivity contribution is 0.0604. The standard InChI is InChI=1S/C24H22F3N7O3/c1-24(2-3-24)31-23(35)37-17-11-36-21(20(17)27)16-9-18(33-32-16)30-22-29-15(10-19-28-4-5-34(19)22)12-6-13(25)8-14(26)7-12/h4-10,17,20-21H,2-3,11H2,1H3,(H,31,35)(H2,29,30,32,33)/t17-,20+,21-/m1/s1. The van der Waals surface area contributed by atoms with Gasteiger partial charge in [0, 0.05) is 41.7 Å². The maximum atomic E-state index is 15.1. The van der Waals surface area contributed by atoms with Gasteiger partial charge in [0.05, 0.1) is 18.0 Å². The molecule has 192 valence electrons. The highest BCUT2D eigenvalue weighted by molar-refractivity contribution is 5.69. The minimum Gasteiger partial charge on any atom is -0.441 e. The number of hydrogen-bond acceptors (Lipinski definition) is 7. The molecule has 0 spiro atoms. The molecule has 4 heterocycles. The van der Waals surface area contributed by atoms with Crippen LogP contribution in [0.15, 0.2) is 42.7 Å². The van der Waals surface area contributed by atoms with E-state index in [-0.39, 0.29) is 29.4 Å². The number of aromatic nitrogens is 5. The molecule has 4 aromatic rings. The molecular weight excluding hydrogens is 491 g/mol. The third kappa shape index (κ3) is 4.69. The van der Waals surface area contributed by atoms with Gasteiger partial charge in [0.2, 0.25) is 5.95 Å². The number of alkyl halides is 1. The summed E-state index contributed by atoms with van der Waals surface area (Å²) >= 11 is 0. The van der Waals surface area contributed by atoms with Gasteiger partial charge >= 0.3 is 6.09 Å². The van der Waals surface area contributed by atoms with Crippen molar-refractivity contribution in [1.82, 2.24) is 29.9 Å². The van der Waals surface area contributed by atoms with E-state index in [9.17, 15) is 13.6 Å². The summed E-state index contributed by atoms with van der Waals surface area (Å²) in [5.74, 6) is -0.904. The van der Waals surface area contributed by atoms with Crippen molar-refractivity contribution < 1.29 is 27.4 Å². The zero-order chi connectivity index (χ0) is 25.7. The van der Waals surface area contributed by atoms with Crippen LogP contribution in [0.3, 0.4) is 0 Å². The largest absolute Gasteiger partial charge is 0.441 e. The molecule has 3 atom stereocenters. The smallest absolute Gasteiger partial charge is 0.408 e. The van der Waals surface area contributed by atoms with Crippen molar-refractivity contribution in [3.8, 4) is 11.3 Å². The van der Waals surface area contributed by atoms with E-state index >= 15 is 4.39 Å². The van der Waals surface area contributed by atoms with E-state index in [0.717, 1.165) is 18.9 Å². The summed E-state index contributed by atoms with van der Waals surface area (Å²) < 4.78 is 55.0. The molecule has 1 amide bonds. The molecule has 6 rings (SSSR count). The molecule has 2 fully saturated rings. The molecule has 0 unspecified atom stereocenters. The van der Waals surface area contributed by atoms with Gasteiger partial charge in [0.1, 0.15) is 23.4 Å². The molecule has 1 aliphatic heterocycles. The topological polar surface area (TPSA) is 118 Å². The van der Waals surface area contributed by atoms with Gasteiger partial charge in [0.25, 0.3) is 0 Å². The van der Waals surface area contributed by atoms with E-state index in [1.54, 1.807) is 28.9 Å². The summed E-state index contributed by atoms with van der Waals surface area (Å²) in [5.41, 5.74) is 1.06. The molecule has 1 aliphatic carbocycles. The van der Waals surface area contributed by atoms with Gasteiger partial charge in [-0.25, -0.2) is 27.9 Å². The molecule has 3 aromatic heterocycles.